The van der Waals surface area contributed by atoms with Gasteiger partial charge in [0.05, 0.1) is 0 Å². The quantitative estimate of drug-likeness (QED) is 0.582. The second-order valence-corrected chi connectivity index (χ2v) is 8.31. The molecule has 0 aliphatic rings. The molecule has 0 bridgehead atoms. The molecule has 0 aliphatic heterocycles. The largest absolute Gasteiger partial charge is 0.0654 e. The second kappa shape index (κ2) is 6.33. The van der Waals surface area contributed by atoms with Gasteiger partial charge in [0.2, 0.25) is 0 Å². The second-order valence-electron chi connectivity index (χ2n) is 8.31. The molecule has 114 valence electrons. The van der Waals surface area contributed by atoms with E-state index in [-0.39, 0.29) is 10.8 Å². The van der Waals surface area contributed by atoms with Crippen LogP contribution in [0.4, 0.5) is 0 Å². The maximum atomic E-state index is 2.40. The molecule has 1 rings (SSSR count). The van der Waals surface area contributed by atoms with Gasteiger partial charge in [0.15, 0.2) is 0 Å². The molecule has 0 radical (unpaired) electrons. The summed E-state index contributed by atoms with van der Waals surface area (Å²) in [7, 11) is 0. The van der Waals surface area contributed by atoms with Crippen molar-refractivity contribution in [3.63, 3.8) is 0 Å². The standard InChI is InChI=1S/C20H34/c1-9-10-12-15(2)16-13-11-14-17(19(3,4)5)18(16)20(6,7)8/h11,13-15H,9-10,12H2,1-8H3. The van der Waals surface area contributed by atoms with Crippen LogP contribution in [0, 0.1) is 0 Å². The Bertz CT molecular complexity index is 426. The van der Waals surface area contributed by atoms with Crippen molar-refractivity contribution in [2.45, 2.75) is 91.4 Å². The van der Waals surface area contributed by atoms with Gasteiger partial charge in [0, 0.05) is 0 Å². The average molecular weight is 274 g/mol. The number of hydrogen-bond acceptors (Lipinski definition) is 0. The highest BCUT2D eigenvalue weighted by Crippen LogP contribution is 2.39. The summed E-state index contributed by atoms with van der Waals surface area (Å²) in [6.07, 6.45) is 3.91. The van der Waals surface area contributed by atoms with Crippen molar-refractivity contribution in [2.24, 2.45) is 0 Å². The SMILES string of the molecule is CCCCC(C)c1cccc(C(C)(C)C)c1C(C)(C)C. The van der Waals surface area contributed by atoms with Gasteiger partial charge in [-0.3, -0.25) is 0 Å². The number of rotatable bonds is 4. The first-order valence-electron chi connectivity index (χ1n) is 8.23. The van der Waals surface area contributed by atoms with Crippen molar-refractivity contribution in [1.82, 2.24) is 0 Å². The fourth-order valence-electron chi connectivity index (χ4n) is 3.11. The van der Waals surface area contributed by atoms with Gasteiger partial charge >= 0.3 is 0 Å². The molecule has 0 fully saturated rings. The van der Waals surface area contributed by atoms with Crippen LogP contribution in [-0.4, -0.2) is 0 Å². The predicted octanol–water partition coefficient (Wildman–Crippen LogP) is 6.58. The Morgan fingerprint density at radius 3 is 2.00 bits per heavy atom. The lowest BCUT2D eigenvalue weighted by Gasteiger charge is -2.34. The Kier molecular flexibility index (Phi) is 5.46. The van der Waals surface area contributed by atoms with Crippen molar-refractivity contribution < 1.29 is 0 Å². The van der Waals surface area contributed by atoms with Crippen LogP contribution in [0.3, 0.4) is 0 Å². The molecule has 0 amide bonds. The molecule has 0 saturated carbocycles. The van der Waals surface area contributed by atoms with Gasteiger partial charge < -0.3 is 0 Å². The summed E-state index contributed by atoms with van der Waals surface area (Å²) in [4.78, 5) is 0. The van der Waals surface area contributed by atoms with Gasteiger partial charge in [-0.15, -0.1) is 0 Å². The summed E-state index contributed by atoms with van der Waals surface area (Å²) in [6, 6.07) is 6.94. The van der Waals surface area contributed by atoms with Crippen molar-refractivity contribution in [3.8, 4) is 0 Å². The molecule has 0 N–H and O–H groups in total. The third-order valence-electron chi connectivity index (χ3n) is 4.18. The highest BCUT2D eigenvalue weighted by molar-refractivity contribution is 5.45. The first kappa shape index (κ1) is 17.3. The van der Waals surface area contributed by atoms with E-state index in [0.29, 0.717) is 5.92 Å². The van der Waals surface area contributed by atoms with E-state index in [1.54, 1.807) is 11.1 Å². The van der Waals surface area contributed by atoms with Crippen LogP contribution in [0.15, 0.2) is 18.2 Å². The first-order valence-corrected chi connectivity index (χ1v) is 8.23. The fourth-order valence-corrected chi connectivity index (χ4v) is 3.11. The Morgan fingerprint density at radius 2 is 1.55 bits per heavy atom. The molecule has 0 saturated heterocycles. The van der Waals surface area contributed by atoms with E-state index in [9.17, 15) is 0 Å². The molecule has 0 heterocycles. The van der Waals surface area contributed by atoms with Gasteiger partial charge in [-0.25, -0.2) is 0 Å². The van der Waals surface area contributed by atoms with Crippen molar-refractivity contribution in [2.75, 3.05) is 0 Å². The minimum atomic E-state index is 0.208. The van der Waals surface area contributed by atoms with Crippen LogP contribution in [-0.2, 0) is 10.8 Å². The van der Waals surface area contributed by atoms with Crippen LogP contribution >= 0.6 is 0 Å². The number of hydrogen-bond donors (Lipinski definition) is 0. The molecule has 1 unspecified atom stereocenters. The molecule has 1 atom stereocenters. The van der Waals surface area contributed by atoms with Crippen LogP contribution in [0.1, 0.15) is 97.3 Å². The summed E-state index contributed by atoms with van der Waals surface area (Å²) in [5, 5.41) is 0. The molecular weight excluding hydrogens is 240 g/mol. The fraction of sp³-hybridized carbons (Fsp3) is 0.700. The predicted molar refractivity (Wildman–Crippen MR) is 91.8 cm³/mol. The molecular formula is C20H34. The van der Waals surface area contributed by atoms with E-state index in [1.165, 1.54) is 24.8 Å². The lowest BCUT2D eigenvalue weighted by Crippen LogP contribution is -2.24. The van der Waals surface area contributed by atoms with Crippen LogP contribution < -0.4 is 0 Å². The molecule has 0 aliphatic carbocycles. The first-order chi connectivity index (χ1) is 9.09. The Hall–Kier alpha value is -0.780. The Balaban J connectivity index is 3.38. The highest BCUT2D eigenvalue weighted by Gasteiger charge is 2.28. The molecule has 1 aromatic rings. The van der Waals surface area contributed by atoms with E-state index >= 15 is 0 Å². The lowest BCUT2D eigenvalue weighted by molar-refractivity contribution is 0.513. The molecule has 0 heteroatoms. The molecule has 0 aromatic heterocycles. The summed E-state index contributed by atoms with van der Waals surface area (Å²) < 4.78 is 0. The summed E-state index contributed by atoms with van der Waals surface area (Å²) >= 11 is 0. The van der Waals surface area contributed by atoms with Gasteiger partial charge in [0.25, 0.3) is 0 Å². The number of benzene rings is 1. The molecule has 20 heavy (non-hydrogen) atoms. The Labute approximate surface area is 127 Å². The monoisotopic (exact) mass is 274 g/mol. The summed E-state index contributed by atoms with van der Waals surface area (Å²) in [5.74, 6) is 0.659. The van der Waals surface area contributed by atoms with Gasteiger partial charge in [-0.1, -0.05) is 86.4 Å². The zero-order valence-corrected chi connectivity index (χ0v) is 14.9. The normalized spacial score (nSPS) is 14.4. The lowest BCUT2D eigenvalue weighted by atomic mass is 9.71. The van der Waals surface area contributed by atoms with Crippen LogP contribution in [0.2, 0.25) is 0 Å². The maximum Gasteiger partial charge on any atom is -0.0126 e. The average Bonchev–Trinajstić information content (AvgIpc) is 2.32. The zero-order valence-electron chi connectivity index (χ0n) is 14.9. The van der Waals surface area contributed by atoms with E-state index < -0.39 is 0 Å². The van der Waals surface area contributed by atoms with Gasteiger partial charge in [-0.2, -0.15) is 0 Å². The third kappa shape index (κ3) is 4.11. The van der Waals surface area contributed by atoms with E-state index in [2.05, 4.69) is 73.6 Å². The van der Waals surface area contributed by atoms with Crippen LogP contribution in [0.25, 0.3) is 0 Å². The van der Waals surface area contributed by atoms with Gasteiger partial charge in [0.1, 0.15) is 0 Å². The van der Waals surface area contributed by atoms with E-state index in [4.69, 9.17) is 0 Å². The van der Waals surface area contributed by atoms with Crippen LogP contribution in [0.5, 0.6) is 0 Å². The topological polar surface area (TPSA) is 0 Å². The van der Waals surface area contributed by atoms with Crippen molar-refractivity contribution in [3.05, 3.63) is 34.9 Å². The minimum Gasteiger partial charge on any atom is -0.0654 e. The van der Waals surface area contributed by atoms with Gasteiger partial charge in [-0.05, 0) is 39.9 Å². The Morgan fingerprint density at radius 1 is 0.950 bits per heavy atom. The van der Waals surface area contributed by atoms with Crippen molar-refractivity contribution >= 4 is 0 Å². The summed E-state index contributed by atoms with van der Waals surface area (Å²) in [6.45, 7) is 18.7. The highest BCUT2D eigenvalue weighted by atomic mass is 14.3. The van der Waals surface area contributed by atoms with E-state index in [0.717, 1.165) is 0 Å². The minimum absolute atomic E-state index is 0.208. The molecule has 0 spiro atoms. The smallest absolute Gasteiger partial charge is 0.0126 e. The molecule has 0 nitrogen and oxygen atoms in total. The molecule has 1 aromatic carbocycles. The third-order valence-corrected chi connectivity index (χ3v) is 4.18. The number of unbranched alkanes of at least 4 members (excludes halogenated alkanes) is 1. The maximum absolute atomic E-state index is 2.40. The van der Waals surface area contributed by atoms with E-state index in [1.807, 2.05) is 0 Å². The van der Waals surface area contributed by atoms with Crippen molar-refractivity contribution in [1.29, 1.82) is 0 Å². The summed E-state index contributed by atoms with van der Waals surface area (Å²) in [5.41, 5.74) is 5.09. The zero-order chi connectivity index (χ0) is 15.6.